The summed E-state index contributed by atoms with van der Waals surface area (Å²) in [6.45, 7) is 5.61. The van der Waals surface area contributed by atoms with Crippen LogP contribution in [0.4, 0.5) is 0 Å². The smallest absolute Gasteiger partial charge is 0.0650 e. The van der Waals surface area contributed by atoms with Gasteiger partial charge in [-0.25, -0.2) is 0 Å². The van der Waals surface area contributed by atoms with E-state index < -0.39 is 0 Å². The van der Waals surface area contributed by atoms with Gasteiger partial charge >= 0.3 is 0 Å². The lowest BCUT2D eigenvalue weighted by Gasteiger charge is -2.41. The summed E-state index contributed by atoms with van der Waals surface area (Å²) < 4.78 is 0. The Kier molecular flexibility index (Phi) is 2.63. The zero-order valence-electron chi connectivity index (χ0n) is 10.6. The van der Waals surface area contributed by atoms with Crippen LogP contribution in [0, 0.1) is 16.7 Å². The molecule has 0 radical (unpaired) electrons. The lowest BCUT2D eigenvalue weighted by Crippen LogP contribution is -2.42. The summed E-state index contributed by atoms with van der Waals surface area (Å²) in [5, 5.41) is 10.5. The maximum atomic E-state index is 10.5. The number of aliphatic hydroxyl groups excluding tert-OH is 1. The van der Waals surface area contributed by atoms with Crippen molar-refractivity contribution < 1.29 is 5.11 Å². The van der Waals surface area contributed by atoms with Gasteiger partial charge in [-0.3, -0.25) is 0 Å². The van der Waals surface area contributed by atoms with Crippen LogP contribution in [0.25, 0.3) is 0 Å². The van der Waals surface area contributed by atoms with E-state index in [1.165, 1.54) is 25.7 Å². The molecule has 0 aromatic rings. The Morgan fingerprint density at radius 2 is 2.00 bits per heavy atom. The molecule has 0 saturated heterocycles. The van der Waals surface area contributed by atoms with Crippen molar-refractivity contribution in [2.45, 2.75) is 45.6 Å². The van der Waals surface area contributed by atoms with Gasteiger partial charge < -0.3 is 10.0 Å². The Balaban J connectivity index is 2.09. The summed E-state index contributed by atoms with van der Waals surface area (Å²) in [5.41, 5.74) is 0.406. The SMILES string of the molecule is CN(C)CC[C@]12CC[C@@H](C1)C(C)(C)[C@H]2O. The zero-order valence-corrected chi connectivity index (χ0v) is 10.6. The molecule has 2 nitrogen and oxygen atoms in total. The van der Waals surface area contributed by atoms with Crippen LogP contribution in [0.2, 0.25) is 0 Å². The van der Waals surface area contributed by atoms with Gasteiger partial charge in [0.25, 0.3) is 0 Å². The summed E-state index contributed by atoms with van der Waals surface area (Å²) in [6.07, 6.45) is 4.92. The van der Waals surface area contributed by atoms with Crippen molar-refractivity contribution in [2.24, 2.45) is 16.7 Å². The molecule has 88 valence electrons. The molecule has 2 bridgehead atoms. The van der Waals surface area contributed by atoms with Gasteiger partial charge in [0.05, 0.1) is 6.10 Å². The van der Waals surface area contributed by atoms with Crippen LogP contribution < -0.4 is 0 Å². The Morgan fingerprint density at radius 3 is 2.47 bits per heavy atom. The van der Waals surface area contributed by atoms with E-state index in [0.29, 0.717) is 0 Å². The van der Waals surface area contributed by atoms with E-state index in [9.17, 15) is 5.11 Å². The van der Waals surface area contributed by atoms with Gasteiger partial charge in [0, 0.05) is 0 Å². The van der Waals surface area contributed by atoms with Crippen LogP contribution >= 0.6 is 0 Å². The first-order valence-electron chi connectivity index (χ1n) is 6.21. The van der Waals surface area contributed by atoms with Gasteiger partial charge in [-0.15, -0.1) is 0 Å². The lowest BCUT2D eigenvalue weighted by atomic mass is 9.68. The number of nitrogens with zero attached hydrogens (tertiary/aromatic N) is 1. The fourth-order valence-corrected chi connectivity index (χ4v) is 3.86. The van der Waals surface area contributed by atoms with Crippen LogP contribution in [0.3, 0.4) is 0 Å². The number of aliphatic hydroxyl groups is 1. The second-order valence-electron chi connectivity index (χ2n) is 6.58. The van der Waals surface area contributed by atoms with Crippen LogP contribution in [0.15, 0.2) is 0 Å². The predicted molar refractivity (Wildman–Crippen MR) is 62.7 cm³/mol. The Labute approximate surface area is 93.7 Å². The second kappa shape index (κ2) is 3.46. The van der Waals surface area contributed by atoms with Gasteiger partial charge in [-0.2, -0.15) is 0 Å². The van der Waals surface area contributed by atoms with E-state index in [-0.39, 0.29) is 16.9 Å². The minimum absolute atomic E-state index is 0.0799. The molecule has 0 heterocycles. The van der Waals surface area contributed by atoms with Crippen molar-refractivity contribution in [3.63, 3.8) is 0 Å². The predicted octanol–water partition coefficient (Wildman–Crippen LogP) is 2.13. The molecule has 1 N–H and O–H groups in total. The van der Waals surface area contributed by atoms with E-state index in [2.05, 4.69) is 32.8 Å². The quantitative estimate of drug-likeness (QED) is 0.773. The standard InChI is InChI=1S/C13H25NO/c1-12(2)10-5-6-13(9-10,11(12)15)7-8-14(3)4/h10-11,15H,5-9H2,1-4H3/t10-,11+,13+/m0/s1. The van der Waals surface area contributed by atoms with Gasteiger partial charge in [0.1, 0.15) is 0 Å². The molecule has 0 spiro atoms. The van der Waals surface area contributed by atoms with E-state index in [1.807, 2.05) is 0 Å². The first-order valence-corrected chi connectivity index (χ1v) is 6.21. The van der Waals surface area contributed by atoms with Crippen LogP contribution in [-0.2, 0) is 0 Å². The fourth-order valence-electron chi connectivity index (χ4n) is 3.86. The average molecular weight is 211 g/mol. The molecule has 0 aromatic carbocycles. The highest BCUT2D eigenvalue weighted by atomic mass is 16.3. The largest absolute Gasteiger partial charge is 0.392 e. The number of hydrogen-bond acceptors (Lipinski definition) is 2. The third-order valence-electron chi connectivity index (χ3n) is 5.04. The van der Waals surface area contributed by atoms with Gasteiger partial charge in [-0.1, -0.05) is 13.8 Å². The summed E-state index contributed by atoms with van der Waals surface area (Å²) in [7, 11) is 4.24. The molecule has 0 unspecified atom stereocenters. The number of fused-ring (bicyclic) bond motifs is 2. The van der Waals surface area contributed by atoms with Crippen LogP contribution in [0.1, 0.15) is 39.5 Å². The molecule has 2 rings (SSSR count). The number of hydrogen-bond donors (Lipinski definition) is 1. The molecule has 0 amide bonds. The molecule has 15 heavy (non-hydrogen) atoms. The first kappa shape index (κ1) is 11.4. The highest BCUT2D eigenvalue weighted by molar-refractivity contribution is 5.10. The van der Waals surface area contributed by atoms with E-state index in [0.717, 1.165) is 12.5 Å². The van der Waals surface area contributed by atoms with E-state index >= 15 is 0 Å². The van der Waals surface area contributed by atoms with E-state index in [4.69, 9.17) is 0 Å². The molecule has 3 atom stereocenters. The van der Waals surface area contributed by atoms with Crippen molar-refractivity contribution in [1.82, 2.24) is 4.90 Å². The first-order chi connectivity index (χ1) is 6.88. The summed E-state index contributed by atoms with van der Waals surface area (Å²) in [5.74, 6) is 0.759. The van der Waals surface area contributed by atoms with Crippen LogP contribution in [-0.4, -0.2) is 36.8 Å². The maximum Gasteiger partial charge on any atom is 0.0650 e. The molecular formula is C13H25NO. The van der Waals surface area contributed by atoms with Gasteiger partial charge in [0.2, 0.25) is 0 Å². The maximum absolute atomic E-state index is 10.5. The highest BCUT2D eigenvalue weighted by Gasteiger charge is 2.60. The molecule has 2 saturated carbocycles. The minimum Gasteiger partial charge on any atom is -0.392 e. The molecule has 0 aromatic heterocycles. The van der Waals surface area contributed by atoms with Crippen molar-refractivity contribution in [3.05, 3.63) is 0 Å². The van der Waals surface area contributed by atoms with Crippen molar-refractivity contribution in [1.29, 1.82) is 0 Å². The Bertz CT molecular complexity index is 249. The van der Waals surface area contributed by atoms with Crippen molar-refractivity contribution in [3.8, 4) is 0 Å². The lowest BCUT2D eigenvalue weighted by molar-refractivity contribution is -0.0473. The molecule has 2 aliphatic rings. The molecule has 2 aliphatic carbocycles. The van der Waals surface area contributed by atoms with Gasteiger partial charge in [-0.05, 0) is 63.1 Å². The Hall–Kier alpha value is -0.0800. The molecule has 0 aliphatic heterocycles. The minimum atomic E-state index is -0.0799. The number of rotatable bonds is 3. The molecule has 2 fully saturated rings. The summed E-state index contributed by atoms with van der Waals surface area (Å²) >= 11 is 0. The van der Waals surface area contributed by atoms with E-state index in [1.54, 1.807) is 0 Å². The van der Waals surface area contributed by atoms with Gasteiger partial charge in [0.15, 0.2) is 0 Å². The zero-order chi connectivity index (χ0) is 11.3. The topological polar surface area (TPSA) is 23.5 Å². The van der Waals surface area contributed by atoms with Crippen molar-refractivity contribution in [2.75, 3.05) is 20.6 Å². The van der Waals surface area contributed by atoms with Crippen molar-refractivity contribution >= 4 is 0 Å². The fraction of sp³-hybridized carbons (Fsp3) is 1.00. The molecule has 2 heteroatoms. The monoisotopic (exact) mass is 211 g/mol. The third-order valence-corrected chi connectivity index (χ3v) is 5.04. The van der Waals surface area contributed by atoms with Crippen LogP contribution in [0.5, 0.6) is 0 Å². The highest BCUT2D eigenvalue weighted by Crippen LogP contribution is 2.63. The Morgan fingerprint density at radius 1 is 1.33 bits per heavy atom. The normalized spacial score (nSPS) is 42.8. The summed E-state index contributed by atoms with van der Waals surface area (Å²) in [6, 6.07) is 0. The third kappa shape index (κ3) is 1.62. The second-order valence-corrected chi connectivity index (χ2v) is 6.58. The molecular weight excluding hydrogens is 186 g/mol. The average Bonchev–Trinajstić information content (AvgIpc) is 2.65. The summed E-state index contributed by atoms with van der Waals surface area (Å²) in [4.78, 5) is 2.24.